The summed E-state index contributed by atoms with van der Waals surface area (Å²) in [5, 5.41) is 0. The Balaban J connectivity index is 1.54. The SMILES string of the molecule is CC(=O)O[C@H]1CN2CC[C@@]34c5ccccc5N5C(=O)C[C@H](OC(C)=O)[C@H]([C@H]1C[C@H]23)[C@H]54. The van der Waals surface area contributed by atoms with E-state index in [1.807, 2.05) is 11.0 Å². The summed E-state index contributed by atoms with van der Waals surface area (Å²) in [7, 11) is 0. The number of benzene rings is 1. The third-order valence-corrected chi connectivity index (χ3v) is 8.27. The molecule has 3 saturated heterocycles. The highest BCUT2D eigenvalue weighted by molar-refractivity contribution is 5.99. The van der Waals surface area contributed by atoms with Crippen LogP contribution in [-0.2, 0) is 29.3 Å². The van der Waals surface area contributed by atoms with Crippen LogP contribution in [0.25, 0.3) is 0 Å². The highest BCUT2D eigenvalue weighted by atomic mass is 16.6. The Morgan fingerprint density at radius 3 is 2.60 bits per heavy atom. The molecule has 5 aliphatic rings. The van der Waals surface area contributed by atoms with Crippen LogP contribution in [-0.4, -0.2) is 60.1 Å². The van der Waals surface area contributed by atoms with Gasteiger partial charge >= 0.3 is 11.9 Å². The van der Waals surface area contributed by atoms with E-state index in [9.17, 15) is 14.4 Å². The maximum atomic E-state index is 13.3. The van der Waals surface area contributed by atoms with Gasteiger partial charge in [-0.2, -0.15) is 0 Å². The standard InChI is InChI=1S/C23H26N2O5/c1-12(26)29-17-10-20(28)25-16-6-4-3-5-15(16)23-7-8-24-11-18(30-13(2)27)14(9-19(23)24)21(17)22(23)25/h3-6,14,17-19,21-22H,7-11H2,1-2H3/t14-,17-,18-,19-,21-,22-,23+/m0/s1. The van der Waals surface area contributed by atoms with Gasteiger partial charge in [-0.3, -0.25) is 19.3 Å². The number of piperidine rings is 2. The molecule has 7 atom stereocenters. The van der Waals surface area contributed by atoms with Crippen molar-refractivity contribution in [3.8, 4) is 0 Å². The lowest BCUT2D eigenvalue weighted by Gasteiger charge is -2.59. The van der Waals surface area contributed by atoms with Gasteiger partial charge in [0.05, 0.1) is 12.5 Å². The van der Waals surface area contributed by atoms with Crippen molar-refractivity contribution in [2.45, 2.75) is 62.8 Å². The van der Waals surface area contributed by atoms with Crippen LogP contribution in [0.4, 0.5) is 5.69 Å². The molecule has 4 aliphatic heterocycles. The molecule has 4 fully saturated rings. The molecule has 7 heteroatoms. The number of amides is 1. The van der Waals surface area contributed by atoms with E-state index < -0.39 is 6.10 Å². The van der Waals surface area contributed by atoms with Gasteiger partial charge in [0.15, 0.2) is 0 Å². The minimum absolute atomic E-state index is 0.0225. The first-order chi connectivity index (χ1) is 14.4. The molecule has 6 rings (SSSR count). The van der Waals surface area contributed by atoms with Crippen LogP contribution >= 0.6 is 0 Å². The van der Waals surface area contributed by atoms with E-state index in [0.717, 1.165) is 25.1 Å². The molecular formula is C23H26N2O5. The lowest BCUT2D eigenvalue weighted by atomic mass is 9.53. The number of esters is 2. The Labute approximate surface area is 175 Å². The maximum Gasteiger partial charge on any atom is 0.302 e. The number of para-hydroxylation sites is 1. The van der Waals surface area contributed by atoms with Crippen molar-refractivity contribution in [2.75, 3.05) is 18.0 Å². The van der Waals surface area contributed by atoms with Gasteiger partial charge in [0.2, 0.25) is 5.91 Å². The van der Waals surface area contributed by atoms with Crippen LogP contribution in [0.1, 0.15) is 38.7 Å². The summed E-state index contributed by atoms with van der Waals surface area (Å²) < 4.78 is 11.6. The van der Waals surface area contributed by atoms with E-state index in [1.165, 1.54) is 19.4 Å². The zero-order valence-corrected chi connectivity index (χ0v) is 17.2. The Morgan fingerprint density at radius 2 is 1.83 bits per heavy atom. The van der Waals surface area contributed by atoms with E-state index in [0.29, 0.717) is 12.6 Å². The number of hydrogen-bond acceptors (Lipinski definition) is 6. The molecule has 1 aromatic carbocycles. The predicted octanol–water partition coefficient (Wildman–Crippen LogP) is 1.63. The summed E-state index contributed by atoms with van der Waals surface area (Å²) in [4.78, 5) is 41.6. The zero-order chi connectivity index (χ0) is 20.8. The molecule has 1 amide bonds. The zero-order valence-electron chi connectivity index (χ0n) is 17.2. The fourth-order valence-corrected chi connectivity index (χ4v) is 7.61. The summed E-state index contributed by atoms with van der Waals surface area (Å²) in [5.41, 5.74) is 2.12. The molecule has 0 N–H and O–H groups in total. The number of anilines is 1. The molecule has 0 radical (unpaired) electrons. The highest BCUT2D eigenvalue weighted by Gasteiger charge is 2.72. The van der Waals surface area contributed by atoms with Crippen molar-refractivity contribution >= 4 is 23.5 Å². The van der Waals surface area contributed by atoms with Crippen LogP contribution in [0.5, 0.6) is 0 Å². The average Bonchev–Trinajstić information content (AvgIpc) is 3.22. The van der Waals surface area contributed by atoms with E-state index in [1.54, 1.807) is 0 Å². The van der Waals surface area contributed by atoms with Crippen molar-refractivity contribution in [1.29, 1.82) is 0 Å². The summed E-state index contributed by atoms with van der Waals surface area (Å²) in [6.07, 6.45) is 1.33. The van der Waals surface area contributed by atoms with Crippen molar-refractivity contribution in [2.24, 2.45) is 11.8 Å². The fourth-order valence-electron chi connectivity index (χ4n) is 7.61. The number of fused-ring (bicyclic) bond motifs is 4. The molecule has 1 aliphatic carbocycles. The van der Waals surface area contributed by atoms with Crippen molar-refractivity contribution < 1.29 is 23.9 Å². The number of ether oxygens (including phenoxy) is 2. The third kappa shape index (κ3) is 2.16. The number of nitrogens with zero attached hydrogens (tertiary/aromatic N) is 2. The Kier molecular flexibility index (Phi) is 3.71. The molecule has 0 unspecified atom stereocenters. The first-order valence-corrected chi connectivity index (χ1v) is 10.9. The second kappa shape index (κ2) is 6.06. The summed E-state index contributed by atoms with van der Waals surface area (Å²) >= 11 is 0. The van der Waals surface area contributed by atoms with Gasteiger partial charge in [0.25, 0.3) is 0 Å². The van der Waals surface area contributed by atoms with Crippen LogP contribution in [0.2, 0.25) is 0 Å². The molecule has 1 aromatic rings. The number of carbonyl (C=O) groups is 3. The molecule has 158 valence electrons. The molecule has 4 heterocycles. The summed E-state index contributed by atoms with van der Waals surface area (Å²) in [6, 6.07) is 8.54. The minimum Gasteiger partial charge on any atom is -0.462 e. The third-order valence-electron chi connectivity index (χ3n) is 8.27. The largest absolute Gasteiger partial charge is 0.462 e. The topological polar surface area (TPSA) is 76.2 Å². The number of rotatable bonds is 2. The lowest BCUT2D eigenvalue weighted by Crippen LogP contribution is -2.71. The Hall–Kier alpha value is -2.41. The lowest BCUT2D eigenvalue weighted by molar-refractivity contribution is -0.177. The average molecular weight is 410 g/mol. The van der Waals surface area contributed by atoms with E-state index in [2.05, 4.69) is 23.1 Å². The second-order valence-electron chi connectivity index (χ2n) is 9.50. The maximum absolute atomic E-state index is 13.3. The molecule has 30 heavy (non-hydrogen) atoms. The molecule has 7 nitrogen and oxygen atoms in total. The van der Waals surface area contributed by atoms with E-state index in [4.69, 9.17) is 9.47 Å². The van der Waals surface area contributed by atoms with Crippen LogP contribution in [0.15, 0.2) is 24.3 Å². The molecular weight excluding hydrogens is 384 g/mol. The van der Waals surface area contributed by atoms with Crippen LogP contribution in [0.3, 0.4) is 0 Å². The number of hydrogen-bond donors (Lipinski definition) is 0. The van der Waals surface area contributed by atoms with E-state index in [-0.39, 0.29) is 53.7 Å². The summed E-state index contributed by atoms with van der Waals surface area (Å²) in [5.74, 6) is -0.590. The second-order valence-corrected chi connectivity index (χ2v) is 9.50. The number of carbonyl (C=O) groups excluding carboxylic acids is 3. The van der Waals surface area contributed by atoms with Crippen LogP contribution < -0.4 is 4.90 Å². The smallest absolute Gasteiger partial charge is 0.302 e. The van der Waals surface area contributed by atoms with Gasteiger partial charge in [0.1, 0.15) is 12.2 Å². The van der Waals surface area contributed by atoms with Gasteiger partial charge < -0.3 is 14.4 Å². The van der Waals surface area contributed by atoms with Crippen molar-refractivity contribution in [1.82, 2.24) is 4.90 Å². The minimum atomic E-state index is -0.474. The first-order valence-electron chi connectivity index (χ1n) is 10.9. The normalized spacial score (nSPS) is 40.6. The van der Waals surface area contributed by atoms with Crippen molar-refractivity contribution in [3.63, 3.8) is 0 Å². The van der Waals surface area contributed by atoms with Gasteiger partial charge in [-0.05, 0) is 31.0 Å². The van der Waals surface area contributed by atoms with Gasteiger partial charge in [0, 0.05) is 49.4 Å². The van der Waals surface area contributed by atoms with Crippen molar-refractivity contribution in [3.05, 3.63) is 29.8 Å². The summed E-state index contributed by atoms with van der Waals surface area (Å²) in [6.45, 7) is 4.49. The Bertz CT molecular complexity index is 963. The van der Waals surface area contributed by atoms with Gasteiger partial charge in [-0.1, -0.05) is 18.2 Å². The quantitative estimate of drug-likeness (QED) is 0.690. The molecule has 1 saturated carbocycles. The monoisotopic (exact) mass is 410 g/mol. The first kappa shape index (κ1) is 18.4. The predicted molar refractivity (Wildman–Crippen MR) is 107 cm³/mol. The van der Waals surface area contributed by atoms with Gasteiger partial charge in [-0.25, -0.2) is 0 Å². The highest BCUT2D eigenvalue weighted by Crippen LogP contribution is 2.64. The van der Waals surface area contributed by atoms with Gasteiger partial charge in [-0.15, -0.1) is 0 Å². The fraction of sp³-hybridized carbons (Fsp3) is 0.609. The molecule has 0 aromatic heterocycles. The van der Waals surface area contributed by atoms with Crippen LogP contribution in [0, 0.1) is 11.8 Å². The molecule has 1 spiro atoms. The Morgan fingerprint density at radius 1 is 1.10 bits per heavy atom. The van der Waals surface area contributed by atoms with E-state index >= 15 is 0 Å². The molecule has 2 bridgehead atoms.